The smallest absolute Gasteiger partial charge is 0.251 e. The maximum atomic E-state index is 11.6. The number of nitrogen functional groups attached to an aromatic ring is 1. The summed E-state index contributed by atoms with van der Waals surface area (Å²) in [7, 11) is -3.20. The van der Waals surface area contributed by atoms with E-state index in [0.717, 1.165) is 16.7 Å². The van der Waals surface area contributed by atoms with Gasteiger partial charge in [0.05, 0.1) is 10.3 Å². The van der Waals surface area contributed by atoms with Crippen molar-refractivity contribution in [3.05, 3.63) is 42.1 Å². The van der Waals surface area contributed by atoms with Crippen LogP contribution < -0.4 is 16.2 Å². The minimum absolute atomic E-state index is 0.327. The number of primary amides is 1. The average molecular weight is 377 g/mol. The van der Waals surface area contributed by atoms with Crippen molar-refractivity contribution in [3.8, 4) is 16.2 Å². The SMILES string of the molecule is CS(=O)(=O)COc1ccc(-c2cc3c(N)ncc(C(N)=O)c3s2)cc1. The minimum Gasteiger partial charge on any atom is -0.478 e. The molecule has 2 heterocycles. The number of benzene rings is 1. The Morgan fingerprint density at radius 1 is 1.28 bits per heavy atom. The van der Waals surface area contributed by atoms with Gasteiger partial charge in [-0.1, -0.05) is 0 Å². The number of rotatable bonds is 5. The summed E-state index contributed by atoms with van der Waals surface area (Å²) in [5, 5.41) is 0.675. The number of amides is 1. The molecule has 0 atom stereocenters. The van der Waals surface area contributed by atoms with Crippen molar-refractivity contribution in [2.45, 2.75) is 0 Å². The van der Waals surface area contributed by atoms with Gasteiger partial charge in [0.25, 0.3) is 5.91 Å². The highest BCUT2D eigenvalue weighted by molar-refractivity contribution is 7.90. The maximum Gasteiger partial charge on any atom is 0.251 e. The number of nitrogens with zero attached hydrogens (tertiary/aromatic N) is 1. The monoisotopic (exact) mass is 377 g/mol. The molecule has 7 nitrogen and oxygen atoms in total. The van der Waals surface area contributed by atoms with Crippen LogP contribution in [0.15, 0.2) is 36.5 Å². The Hall–Kier alpha value is -2.65. The predicted molar refractivity (Wildman–Crippen MR) is 98.3 cm³/mol. The van der Waals surface area contributed by atoms with Crippen molar-refractivity contribution >= 4 is 43.0 Å². The molecule has 0 saturated heterocycles. The lowest BCUT2D eigenvalue weighted by Gasteiger charge is -2.05. The first kappa shape index (κ1) is 17.2. The molecule has 0 aliphatic carbocycles. The number of hydrogen-bond donors (Lipinski definition) is 2. The van der Waals surface area contributed by atoms with Crippen LogP contribution >= 0.6 is 11.3 Å². The van der Waals surface area contributed by atoms with Crippen LogP contribution in [0.2, 0.25) is 0 Å². The van der Waals surface area contributed by atoms with Crippen LogP contribution in [0, 0.1) is 0 Å². The normalized spacial score (nSPS) is 11.6. The second-order valence-electron chi connectivity index (χ2n) is 5.49. The Labute approximate surface area is 148 Å². The number of anilines is 1. The first-order chi connectivity index (χ1) is 11.7. The summed E-state index contributed by atoms with van der Waals surface area (Å²) in [6.07, 6.45) is 2.48. The highest BCUT2D eigenvalue weighted by atomic mass is 32.2. The van der Waals surface area contributed by atoms with E-state index in [0.29, 0.717) is 27.2 Å². The second kappa shape index (κ2) is 6.34. The molecule has 3 rings (SSSR count). The molecule has 1 amide bonds. The Kier molecular flexibility index (Phi) is 4.36. The van der Waals surface area contributed by atoms with Crippen LogP contribution in [0.3, 0.4) is 0 Å². The number of hydrogen-bond acceptors (Lipinski definition) is 7. The van der Waals surface area contributed by atoms with E-state index in [1.165, 1.54) is 17.5 Å². The number of fused-ring (bicyclic) bond motifs is 1. The number of aromatic nitrogens is 1. The predicted octanol–water partition coefficient (Wildman–Crippen LogP) is 2.03. The summed E-state index contributed by atoms with van der Waals surface area (Å²) in [5.74, 6) is -0.153. The summed E-state index contributed by atoms with van der Waals surface area (Å²) >= 11 is 1.39. The van der Waals surface area contributed by atoms with Crippen molar-refractivity contribution in [1.82, 2.24) is 4.98 Å². The van der Waals surface area contributed by atoms with E-state index in [1.54, 1.807) is 24.3 Å². The molecule has 0 fully saturated rings. The first-order valence-corrected chi connectivity index (χ1v) is 10.0. The molecule has 0 spiro atoms. The number of pyridine rings is 1. The molecule has 130 valence electrons. The van der Waals surface area contributed by atoms with Gasteiger partial charge >= 0.3 is 0 Å². The standard InChI is InChI=1S/C16H15N3O4S2/c1-25(21,22)8-23-10-4-2-9(3-5-10)13-6-11-14(24-13)12(16(18)20)7-19-15(11)17/h2-7H,8H2,1H3,(H2,17,19)(H2,18,20). The third kappa shape index (κ3) is 3.72. The van der Waals surface area contributed by atoms with Crippen LogP contribution in [0.4, 0.5) is 5.82 Å². The quantitative estimate of drug-likeness (QED) is 0.701. The van der Waals surface area contributed by atoms with E-state index in [2.05, 4.69) is 4.98 Å². The fourth-order valence-electron chi connectivity index (χ4n) is 2.25. The van der Waals surface area contributed by atoms with Crippen LogP contribution in [-0.4, -0.2) is 31.5 Å². The number of carbonyl (C=O) groups is 1. The van der Waals surface area contributed by atoms with Gasteiger partial charge in [-0.3, -0.25) is 4.79 Å². The van der Waals surface area contributed by atoms with Crippen LogP contribution in [0.5, 0.6) is 5.75 Å². The van der Waals surface area contributed by atoms with Crippen LogP contribution in [-0.2, 0) is 9.84 Å². The Balaban J connectivity index is 1.95. The number of ether oxygens (including phenoxy) is 1. The second-order valence-corrected chi connectivity index (χ2v) is 8.63. The van der Waals surface area contributed by atoms with Gasteiger partial charge in [0.1, 0.15) is 11.6 Å². The average Bonchev–Trinajstić information content (AvgIpc) is 2.99. The maximum absolute atomic E-state index is 11.6. The fourth-order valence-corrected chi connectivity index (χ4v) is 3.79. The topological polar surface area (TPSA) is 125 Å². The molecule has 1 aromatic carbocycles. The van der Waals surface area contributed by atoms with Crippen molar-refractivity contribution in [3.63, 3.8) is 0 Å². The molecule has 0 saturated carbocycles. The van der Waals surface area contributed by atoms with Gasteiger partial charge in [-0.15, -0.1) is 11.3 Å². The van der Waals surface area contributed by atoms with E-state index in [4.69, 9.17) is 16.2 Å². The molecule has 0 unspecified atom stereocenters. The van der Waals surface area contributed by atoms with Gasteiger partial charge in [0, 0.05) is 22.7 Å². The molecule has 0 aliphatic rings. The highest BCUT2D eigenvalue weighted by Gasteiger charge is 2.15. The van der Waals surface area contributed by atoms with Crippen molar-refractivity contribution in [2.75, 3.05) is 17.9 Å². The van der Waals surface area contributed by atoms with Crippen LogP contribution in [0.1, 0.15) is 10.4 Å². The summed E-state index contributed by atoms with van der Waals surface area (Å²) in [6.45, 7) is 0. The zero-order valence-corrected chi connectivity index (χ0v) is 14.9. The molecule has 25 heavy (non-hydrogen) atoms. The van der Waals surface area contributed by atoms with Crippen LogP contribution in [0.25, 0.3) is 20.5 Å². The number of carbonyl (C=O) groups excluding carboxylic acids is 1. The Morgan fingerprint density at radius 3 is 2.56 bits per heavy atom. The molecule has 0 radical (unpaired) electrons. The molecule has 4 N–H and O–H groups in total. The number of thiophene rings is 1. The number of nitrogens with two attached hydrogens (primary N) is 2. The number of sulfone groups is 1. The third-order valence-electron chi connectivity index (χ3n) is 3.43. The molecule has 0 aliphatic heterocycles. The van der Waals surface area contributed by atoms with Gasteiger partial charge in [-0.05, 0) is 35.9 Å². The molecular weight excluding hydrogens is 362 g/mol. The molecule has 9 heteroatoms. The summed E-state index contributed by atoms with van der Waals surface area (Å²) in [4.78, 5) is 16.4. The van der Waals surface area contributed by atoms with Crippen molar-refractivity contribution < 1.29 is 17.9 Å². The minimum atomic E-state index is -3.20. The lowest BCUT2D eigenvalue weighted by atomic mass is 10.1. The van der Waals surface area contributed by atoms with Crippen molar-refractivity contribution in [1.29, 1.82) is 0 Å². The summed E-state index contributed by atoms with van der Waals surface area (Å²) < 4.78 is 28.2. The van der Waals surface area contributed by atoms with E-state index in [1.807, 2.05) is 6.07 Å². The largest absolute Gasteiger partial charge is 0.478 e. The van der Waals surface area contributed by atoms with Crippen molar-refractivity contribution in [2.24, 2.45) is 5.73 Å². The summed E-state index contributed by atoms with van der Waals surface area (Å²) in [6, 6.07) is 8.82. The third-order valence-corrected chi connectivity index (χ3v) is 5.19. The van der Waals surface area contributed by atoms with Gasteiger partial charge in [0.15, 0.2) is 15.8 Å². The Morgan fingerprint density at radius 2 is 1.96 bits per heavy atom. The highest BCUT2D eigenvalue weighted by Crippen LogP contribution is 2.37. The lowest BCUT2D eigenvalue weighted by molar-refractivity contribution is 0.100. The molecule has 0 bridgehead atoms. The van der Waals surface area contributed by atoms with E-state index in [-0.39, 0.29) is 5.94 Å². The van der Waals surface area contributed by atoms with E-state index in [9.17, 15) is 13.2 Å². The zero-order chi connectivity index (χ0) is 18.2. The van der Waals surface area contributed by atoms with E-state index < -0.39 is 15.7 Å². The Bertz CT molecular complexity index is 1060. The molecule has 3 aromatic rings. The van der Waals surface area contributed by atoms with Gasteiger partial charge in [0.2, 0.25) is 0 Å². The lowest BCUT2D eigenvalue weighted by Crippen LogP contribution is -2.11. The van der Waals surface area contributed by atoms with Gasteiger partial charge < -0.3 is 16.2 Å². The van der Waals surface area contributed by atoms with Gasteiger partial charge in [-0.2, -0.15) is 0 Å². The van der Waals surface area contributed by atoms with E-state index >= 15 is 0 Å². The first-order valence-electron chi connectivity index (χ1n) is 7.13. The molecular formula is C16H15N3O4S2. The summed E-state index contributed by atoms with van der Waals surface area (Å²) in [5.41, 5.74) is 12.5. The zero-order valence-electron chi connectivity index (χ0n) is 13.2. The van der Waals surface area contributed by atoms with Gasteiger partial charge in [-0.25, -0.2) is 13.4 Å². The fraction of sp³-hybridized carbons (Fsp3) is 0.125. The molecule has 2 aromatic heterocycles.